The largest absolute Gasteiger partial charge is 0.460 e. The van der Waals surface area contributed by atoms with E-state index in [0.717, 1.165) is 43.3 Å². The monoisotopic (exact) mass is 482 g/mol. The van der Waals surface area contributed by atoms with Crippen LogP contribution in [0, 0.1) is 0 Å². The van der Waals surface area contributed by atoms with Gasteiger partial charge in [0.1, 0.15) is 11.6 Å². The van der Waals surface area contributed by atoms with Crippen LogP contribution in [0.5, 0.6) is 0 Å². The van der Waals surface area contributed by atoms with Crippen molar-refractivity contribution in [3.05, 3.63) is 36.0 Å². The Morgan fingerprint density at radius 1 is 1.11 bits per heavy atom. The highest BCUT2D eigenvalue weighted by Gasteiger charge is 2.28. The number of pyridine rings is 1. The van der Waals surface area contributed by atoms with E-state index in [0.29, 0.717) is 17.5 Å². The highest BCUT2D eigenvalue weighted by molar-refractivity contribution is 6.10. The van der Waals surface area contributed by atoms with E-state index in [4.69, 9.17) is 4.74 Å². The average Bonchev–Trinajstić information content (AvgIpc) is 2.79. The number of rotatable bonds is 10. The number of imide groups is 1. The van der Waals surface area contributed by atoms with E-state index in [2.05, 4.69) is 20.9 Å². The topological polar surface area (TPSA) is 126 Å². The Balaban J connectivity index is 1.51. The average molecular weight is 483 g/mol. The Kier molecular flexibility index (Phi) is 8.78. The summed E-state index contributed by atoms with van der Waals surface area (Å²) >= 11 is 0. The number of aromatic nitrogens is 1. The lowest BCUT2D eigenvalue weighted by Gasteiger charge is -2.22. The molecular weight excluding hydrogens is 448 g/mol. The maximum atomic E-state index is 12.9. The molecule has 2 heterocycles. The Bertz CT molecular complexity index is 1090. The summed E-state index contributed by atoms with van der Waals surface area (Å²) in [5.41, 5.74) is 1.34. The Morgan fingerprint density at radius 2 is 1.89 bits per heavy atom. The number of ether oxygens (including phenoxy) is 1. The zero-order chi connectivity index (χ0) is 25.4. The van der Waals surface area contributed by atoms with Gasteiger partial charge < -0.3 is 15.4 Å². The SMILES string of the molecule is CC(C)(C)OC(=O)CCCCCCNc1ccc(C(=O)NC2CCC(=O)NC2=O)c2ncccc12. The fraction of sp³-hybridized carbons (Fsp3) is 0.500. The molecule has 1 saturated heterocycles. The second-order valence-corrected chi connectivity index (χ2v) is 9.71. The second kappa shape index (κ2) is 11.8. The molecule has 3 rings (SSSR count). The number of nitrogens with zero attached hydrogens (tertiary/aromatic N) is 1. The van der Waals surface area contributed by atoms with Crippen molar-refractivity contribution in [2.75, 3.05) is 11.9 Å². The van der Waals surface area contributed by atoms with Crippen molar-refractivity contribution in [1.29, 1.82) is 0 Å². The van der Waals surface area contributed by atoms with Gasteiger partial charge >= 0.3 is 5.97 Å². The van der Waals surface area contributed by atoms with Gasteiger partial charge in [-0.3, -0.25) is 29.5 Å². The number of amides is 3. The van der Waals surface area contributed by atoms with Crippen molar-refractivity contribution in [2.45, 2.75) is 77.4 Å². The van der Waals surface area contributed by atoms with Crippen LogP contribution in [0.4, 0.5) is 5.69 Å². The summed E-state index contributed by atoms with van der Waals surface area (Å²) in [6.45, 7) is 6.35. The van der Waals surface area contributed by atoms with Gasteiger partial charge in [-0.1, -0.05) is 12.8 Å². The molecule has 35 heavy (non-hydrogen) atoms. The van der Waals surface area contributed by atoms with E-state index in [1.165, 1.54) is 0 Å². The van der Waals surface area contributed by atoms with Gasteiger partial charge in [-0.25, -0.2) is 0 Å². The molecular formula is C26H34N4O5. The van der Waals surface area contributed by atoms with Gasteiger partial charge in [0, 0.05) is 36.7 Å². The number of anilines is 1. The molecule has 0 bridgehead atoms. The molecule has 188 valence electrons. The van der Waals surface area contributed by atoms with Gasteiger partial charge in [-0.05, 0) is 64.3 Å². The zero-order valence-corrected chi connectivity index (χ0v) is 20.6. The van der Waals surface area contributed by atoms with Crippen LogP contribution in [-0.4, -0.2) is 46.9 Å². The fourth-order valence-corrected chi connectivity index (χ4v) is 3.94. The number of unbranched alkanes of at least 4 members (excludes halogenated alkanes) is 3. The first kappa shape index (κ1) is 26.1. The zero-order valence-electron chi connectivity index (χ0n) is 20.6. The Hall–Kier alpha value is -3.49. The van der Waals surface area contributed by atoms with Crippen LogP contribution in [0.2, 0.25) is 0 Å². The second-order valence-electron chi connectivity index (χ2n) is 9.71. The van der Waals surface area contributed by atoms with Crippen LogP contribution in [0.1, 0.15) is 76.1 Å². The maximum absolute atomic E-state index is 12.9. The number of esters is 1. The maximum Gasteiger partial charge on any atom is 0.306 e. The molecule has 0 spiro atoms. The summed E-state index contributed by atoms with van der Waals surface area (Å²) in [6, 6.07) is 6.50. The minimum atomic E-state index is -0.743. The van der Waals surface area contributed by atoms with Gasteiger partial charge in [-0.2, -0.15) is 0 Å². The number of carbonyl (C=O) groups excluding carboxylic acids is 4. The van der Waals surface area contributed by atoms with Crippen LogP contribution in [0.25, 0.3) is 10.9 Å². The van der Waals surface area contributed by atoms with Crippen LogP contribution >= 0.6 is 0 Å². The number of hydrogen-bond acceptors (Lipinski definition) is 7. The minimum Gasteiger partial charge on any atom is -0.460 e. The van der Waals surface area contributed by atoms with Crippen LogP contribution in [0.15, 0.2) is 30.5 Å². The summed E-state index contributed by atoms with van der Waals surface area (Å²) in [4.78, 5) is 52.4. The Labute approximate surface area is 205 Å². The van der Waals surface area contributed by atoms with Gasteiger partial charge in [0.25, 0.3) is 5.91 Å². The van der Waals surface area contributed by atoms with E-state index >= 15 is 0 Å². The fourth-order valence-electron chi connectivity index (χ4n) is 3.94. The first-order valence-corrected chi connectivity index (χ1v) is 12.1. The van der Waals surface area contributed by atoms with Gasteiger partial charge in [0.2, 0.25) is 11.8 Å². The third-order valence-electron chi connectivity index (χ3n) is 5.60. The van der Waals surface area contributed by atoms with Crippen molar-refractivity contribution >= 4 is 40.3 Å². The van der Waals surface area contributed by atoms with Crippen molar-refractivity contribution in [1.82, 2.24) is 15.6 Å². The van der Waals surface area contributed by atoms with Gasteiger partial charge in [0.15, 0.2) is 0 Å². The molecule has 9 heteroatoms. The number of benzene rings is 1. The van der Waals surface area contributed by atoms with Crippen molar-refractivity contribution in [3.63, 3.8) is 0 Å². The Morgan fingerprint density at radius 3 is 2.63 bits per heavy atom. The molecule has 1 atom stereocenters. The number of fused-ring (bicyclic) bond motifs is 1. The molecule has 0 aliphatic carbocycles. The van der Waals surface area contributed by atoms with Crippen LogP contribution in [-0.2, 0) is 19.1 Å². The predicted octanol–water partition coefficient (Wildman–Crippen LogP) is 3.47. The lowest BCUT2D eigenvalue weighted by atomic mass is 10.0. The molecule has 1 fully saturated rings. The molecule has 3 N–H and O–H groups in total. The predicted molar refractivity (Wildman–Crippen MR) is 133 cm³/mol. The summed E-state index contributed by atoms with van der Waals surface area (Å²) in [5, 5.41) is 9.19. The molecule has 1 aliphatic rings. The molecule has 9 nitrogen and oxygen atoms in total. The third-order valence-corrected chi connectivity index (χ3v) is 5.60. The van der Waals surface area contributed by atoms with E-state index in [1.807, 2.05) is 39.0 Å². The van der Waals surface area contributed by atoms with E-state index < -0.39 is 23.5 Å². The summed E-state index contributed by atoms with van der Waals surface area (Å²) in [7, 11) is 0. The molecule has 3 amide bonds. The van der Waals surface area contributed by atoms with E-state index in [-0.39, 0.29) is 24.7 Å². The summed E-state index contributed by atoms with van der Waals surface area (Å²) in [6.07, 6.45) is 6.20. The molecule has 2 aromatic rings. The van der Waals surface area contributed by atoms with Gasteiger partial charge in [-0.15, -0.1) is 0 Å². The first-order chi connectivity index (χ1) is 16.6. The van der Waals surface area contributed by atoms with Crippen molar-refractivity contribution < 1.29 is 23.9 Å². The third kappa shape index (κ3) is 7.77. The van der Waals surface area contributed by atoms with E-state index in [9.17, 15) is 19.2 Å². The van der Waals surface area contributed by atoms with Crippen LogP contribution in [0.3, 0.4) is 0 Å². The first-order valence-electron chi connectivity index (χ1n) is 12.1. The van der Waals surface area contributed by atoms with Crippen LogP contribution < -0.4 is 16.0 Å². The van der Waals surface area contributed by atoms with Crippen molar-refractivity contribution in [3.8, 4) is 0 Å². The number of nitrogens with one attached hydrogen (secondary N) is 3. The lowest BCUT2D eigenvalue weighted by Crippen LogP contribution is -2.52. The highest BCUT2D eigenvalue weighted by atomic mass is 16.6. The number of piperidine rings is 1. The molecule has 1 aromatic carbocycles. The van der Waals surface area contributed by atoms with E-state index in [1.54, 1.807) is 12.3 Å². The molecule has 0 saturated carbocycles. The molecule has 1 unspecified atom stereocenters. The quantitative estimate of drug-likeness (QED) is 0.269. The molecule has 1 aromatic heterocycles. The van der Waals surface area contributed by atoms with Gasteiger partial charge in [0.05, 0.1) is 11.1 Å². The smallest absolute Gasteiger partial charge is 0.306 e. The highest BCUT2D eigenvalue weighted by Crippen LogP contribution is 2.25. The standard InChI is InChI=1S/C26H34N4O5/c1-26(2,3)35-22(32)10-6-4-5-7-15-27-19-12-11-18(23-17(19)9-8-16-28-23)24(33)29-20-13-14-21(31)30-25(20)34/h8-9,11-12,16,20,27H,4-7,10,13-15H2,1-3H3,(H,29,33)(H,30,31,34). The molecule has 0 radical (unpaired) electrons. The number of hydrogen-bond donors (Lipinski definition) is 3. The summed E-state index contributed by atoms with van der Waals surface area (Å²) < 4.78 is 5.32. The van der Waals surface area contributed by atoms with Crippen molar-refractivity contribution in [2.24, 2.45) is 0 Å². The molecule has 1 aliphatic heterocycles. The minimum absolute atomic E-state index is 0.156. The lowest BCUT2D eigenvalue weighted by molar-refractivity contribution is -0.155. The number of carbonyl (C=O) groups is 4. The summed E-state index contributed by atoms with van der Waals surface area (Å²) in [5.74, 6) is -1.38. The normalized spacial score (nSPS) is 16.0.